The first-order valence-corrected chi connectivity index (χ1v) is 4.16. The van der Waals surface area contributed by atoms with Crippen molar-refractivity contribution in [2.24, 2.45) is 17.1 Å². The maximum atomic E-state index is 5.45. The lowest BCUT2D eigenvalue weighted by atomic mass is 9.84. The first kappa shape index (κ1) is 9.96. The van der Waals surface area contributed by atoms with Crippen molar-refractivity contribution in [1.82, 2.24) is 0 Å². The van der Waals surface area contributed by atoms with E-state index in [1.807, 2.05) is 0 Å². The molecule has 0 saturated heterocycles. The van der Waals surface area contributed by atoms with Crippen LogP contribution in [-0.4, -0.2) is 6.54 Å². The lowest BCUT2D eigenvalue weighted by molar-refractivity contribution is 0.299. The molecule has 0 aliphatic heterocycles. The molecule has 2 N–H and O–H groups in total. The Bertz CT molecular complexity index is 81.2. The van der Waals surface area contributed by atoms with Crippen molar-refractivity contribution in [3.63, 3.8) is 0 Å². The number of nitrogens with two attached hydrogens (primary N) is 1. The number of hydrogen-bond donors (Lipinski definition) is 1. The number of hydrogen-bond acceptors (Lipinski definition) is 1. The molecule has 0 aromatic rings. The molecule has 0 bridgehead atoms. The highest BCUT2D eigenvalue weighted by Crippen LogP contribution is 2.25. The summed E-state index contributed by atoms with van der Waals surface area (Å²) in [6, 6.07) is 0. The van der Waals surface area contributed by atoms with Gasteiger partial charge in [-0.15, -0.1) is 0 Å². The highest BCUT2D eigenvalue weighted by Gasteiger charge is 2.13. The average molecular weight is 143 g/mol. The topological polar surface area (TPSA) is 26.0 Å². The summed E-state index contributed by atoms with van der Waals surface area (Å²) in [6.07, 6.45) is 2.45. The van der Waals surface area contributed by atoms with Gasteiger partial charge in [0.2, 0.25) is 0 Å². The summed E-state index contributed by atoms with van der Waals surface area (Å²) < 4.78 is 0. The Kier molecular flexibility index (Phi) is 3.95. The maximum absolute atomic E-state index is 5.45. The summed E-state index contributed by atoms with van der Waals surface area (Å²) >= 11 is 0. The van der Waals surface area contributed by atoms with Gasteiger partial charge in [-0.1, -0.05) is 27.7 Å². The Balaban J connectivity index is 3.47. The van der Waals surface area contributed by atoms with E-state index in [4.69, 9.17) is 5.73 Å². The molecule has 62 valence electrons. The van der Waals surface area contributed by atoms with Gasteiger partial charge in [0.1, 0.15) is 0 Å². The van der Waals surface area contributed by atoms with Gasteiger partial charge in [0, 0.05) is 0 Å². The fourth-order valence-electron chi connectivity index (χ4n) is 1.43. The van der Waals surface area contributed by atoms with Gasteiger partial charge in [-0.25, -0.2) is 0 Å². The van der Waals surface area contributed by atoms with Crippen LogP contribution >= 0.6 is 0 Å². The summed E-state index contributed by atoms with van der Waals surface area (Å²) in [5, 5.41) is 0. The Labute approximate surface area is 65.0 Å². The predicted octanol–water partition coefficient (Wildman–Crippen LogP) is 2.41. The van der Waals surface area contributed by atoms with Crippen LogP contribution in [0.25, 0.3) is 0 Å². The SMILES string of the molecule is C[C@@H](CCN)CC(C)(C)C. The van der Waals surface area contributed by atoms with E-state index in [2.05, 4.69) is 27.7 Å². The van der Waals surface area contributed by atoms with Crippen LogP contribution in [0, 0.1) is 11.3 Å². The minimum atomic E-state index is 0.467. The van der Waals surface area contributed by atoms with E-state index >= 15 is 0 Å². The summed E-state index contributed by atoms with van der Waals surface area (Å²) in [5.74, 6) is 0.782. The quantitative estimate of drug-likeness (QED) is 0.645. The second-order valence-electron chi connectivity index (χ2n) is 4.45. The second-order valence-corrected chi connectivity index (χ2v) is 4.45. The molecule has 0 aliphatic carbocycles. The first-order chi connectivity index (χ1) is 4.45. The molecule has 0 unspecified atom stereocenters. The normalized spacial score (nSPS) is 15.3. The molecule has 0 spiro atoms. The molecular weight excluding hydrogens is 122 g/mol. The average Bonchev–Trinajstić information content (AvgIpc) is 1.59. The predicted molar refractivity (Wildman–Crippen MR) is 46.9 cm³/mol. The van der Waals surface area contributed by atoms with Crippen LogP contribution in [0.4, 0.5) is 0 Å². The molecule has 0 heterocycles. The lowest BCUT2D eigenvalue weighted by Crippen LogP contribution is -2.14. The summed E-state index contributed by atoms with van der Waals surface area (Å²) in [4.78, 5) is 0. The fraction of sp³-hybridized carbons (Fsp3) is 1.00. The molecule has 0 aromatic carbocycles. The molecule has 0 rings (SSSR count). The van der Waals surface area contributed by atoms with E-state index in [9.17, 15) is 0 Å². The van der Waals surface area contributed by atoms with Gasteiger partial charge in [0.05, 0.1) is 0 Å². The van der Waals surface area contributed by atoms with Crippen LogP contribution in [-0.2, 0) is 0 Å². The summed E-state index contributed by atoms with van der Waals surface area (Å²) in [7, 11) is 0. The third-order valence-electron chi connectivity index (χ3n) is 1.62. The van der Waals surface area contributed by atoms with Crippen LogP contribution in [0.15, 0.2) is 0 Å². The Hall–Kier alpha value is -0.0400. The van der Waals surface area contributed by atoms with Gasteiger partial charge in [-0.2, -0.15) is 0 Å². The summed E-state index contributed by atoms with van der Waals surface area (Å²) in [6.45, 7) is 9.94. The van der Waals surface area contributed by atoms with Crippen LogP contribution in [0.2, 0.25) is 0 Å². The van der Waals surface area contributed by atoms with Crippen LogP contribution in [0.1, 0.15) is 40.5 Å². The van der Waals surface area contributed by atoms with Crippen molar-refractivity contribution < 1.29 is 0 Å². The van der Waals surface area contributed by atoms with Crippen molar-refractivity contribution >= 4 is 0 Å². The smallest absolute Gasteiger partial charge is 0.00747 e. The highest BCUT2D eigenvalue weighted by atomic mass is 14.5. The molecule has 1 heteroatoms. The highest BCUT2D eigenvalue weighted by molar-refractivity contribution is 4.66. The molecule has 0 aliphatic rings. The molecule has 0 amide bonds. The zero-order chi connectivity index (χ0) is 8.20. The molecule has 0 radical (unpaired) electrons. The van der Waals surface area contributed by atoms with Gasteiger partial charge in [0.25, 0.3) is 0 Å². The van der Waals surface area contributed by atoms with Gasteiger partial charge in [0.15, 0.2) is 0 Å². The van der Waals surface area contributed by atoms with Crippen molar-refractivity contribution in [3.05, 3.63) is 0 Å². The largest absolute Gasteiger partial charge is 0.330 e. The maximum Gasteiger partial charge on any atom is -0.00747 e. The van der Waals surface area contributed by atoms with E-state index in [1.54, 1.807) is 0 Å². The molecular formula is C9H21N. The molecule has 0 saturated carbocycles. The molecule has 1 nitrogen and oxygen atoms in total. The van der Waals surface area contributed by atoms with E-state index in [-0.39, 0.29) is 0 Å². The third kappa shape index (κ3) is 6.09. The van der Waals surface area contributed by atoms with E-state index in [1.165, 1.54) is 6.42 Å². The Morgan fingerprint density at radius 1 is 1.30 bits per heavy atom. The third-order valence-corrected chi connectivity index (χ3v) is 1.62. The van der Waals surface area contributed by atoms with Gasteiger partial charge in [-0.3, -0.25) is 0 Å². The Morgan fingerprint density at radius 2 is 1.80 bits per heavy atom. The minimum Gasteiger partial charge on any atom is -0.330 e. The summed E-state index contributed by atoms with van der Waals surface area (Å²) in [5.41, 5.74) is 5.92. The molecule has 0 aromatic heterocycles. The van der Waals surface area contributed by atoms with Gasteiger partial charge < -0.3 is 5.73 Å². The minimum absolute atomic E-state index is 0.467. The second kappa shape index (κ2) is 3.97. The van der Waals surface area contributed by atoms with Crippen LogP contribution in [0.3, 0.4) is 0 Å². The van der Waals surface area contributed by atoms with E-state index < -0.39 is 0 Å². The fourth-order valence-corrected chi connectivity index (χ4v) is 1.43. The lowest BCUT2D eigenvalue weighted by Gasteiger charge is -2.22. The monoisotopic (exact) mass is 143 g/mol. The van der Waals surface area contributed by atoms with Crippen molar-refractivity contribution in [1.29, 1.82) is 0 Å². The van der Waals surface area contributed by atoms with Crippen LogP contribution in [0.5, 0.6) is 0 Å². The van der Waals surface area contributed by atoms with Gasteiger partial charge >= 0.3 is 0 Å². The van der Waals surface area contributed by atoms with Crippen LogP contribution < -0.4 is 5.73 Å². The Morgan fingerprint density at radius 3 is 2.10 bits per heavy atom. The number of rotatable bonds is 3. The van der Waals surface area contributed by atoms with Crippen molar-refractivity contribution in [3.8, 4) is 0 Å². The van der Waals surface area contributed by atoms with Gasteiger partial charge in [-0.05, 0) is 30.7 Å². The standard InChI is InChI=1S/C9H21N/c1-8(5-6-10)7-9(2,3)4/h8H,5-7,10H2,1-4H3/t8-/m0/s1. The van der Waals surface area contributed by atoms with Crippen molar-refractivity contribution in [2.45, 2.75) is 40.5 Å². The van der Waals surface area contributed by atoms with E-state index in [0.717, 1.165) is 18.9 Å². The first-order valence-electron chi connectivity index (χ1n) is 4.16. The molecule has 1 atom stereocenters. The molecule has 10 heavy (non-hydrogen) atoms. The van der Waals surface area contributed by atoms with E-state index in [0.29, 0.717) is 5.41 Å². The van der Waals surface area contributed by atoms with Crippen molar-refractivity contribution in [2.75, 3.05) is 6.54 Å². The zero-order valence-corrected chi connectivity index (χ0v) is 7.78. The molecule has 0 fully saturated rings. The zero-order valence-electron chi connectivity index (χ0n) is 7.78.